The number of amides is 1. The molecule has 3 aromatic rings. The first-order valence-corrected chi connectivity index (χ1v) is 8.23. The van der Waals surface area contributed by atoms with Gasteiger partial charge in [-0.3, -0.25) is 4.79 Å². The Hall–Kier alpha value is -2.96. The van der Waals surface area contributed by atoms with Gasteiger partial charge in [-0.25, -0.2) is 14.4 Å². The second kappa shape index (κ2) is 6.16. The highest BCUT2D eigenvalue weighted by molar-refractivity contribution is 5.99. The van der Waals surface area contributed by atoms with Crippen LogP contribution in [0.2, 0.25) is 0 Å². The lowest BCUT2D eigenvalue weighted by Crippen LogP contribution is -2.37. The lowest BCUT2D eigenvalue weighted by Gasteiger charge is -2.18. The Morgan fingerprint density at radius 1 is 1.32 bits per heavy atom. The molecule has 4 heterocycles. The van der Waals surface area contributed by atoms with Crippen molar-refractivity contribution in [1.29, 1.82) is 0 Å². The van der Waals surface area contributed by atoms with E-state index in [9.17, 15) is 9.18 Å². The van der Waals surface area contributed by atoms with E-state index in [0.717, 1.165) is 17.8 Å². The van der Waals surface area contributed by atoms with Gasteiger partial charge in [-0.15, -0.1) is 0 Å². The molecule has 1 aliphatic heterocycles. The predicted octanol–water partition coefficient (Wildman–Crippen LogP) is 2.19. The number of aryl methyl sites for hydroxylation is 1. The van der Waals surface area contributed by atoms with E-state index in [1.54, 1.807) is 12.3 Å². The highest BCUT2D eigenvalue weighted by Gasteiger charge is 2.27. The molecule has 1 fully saturated rings. The van der Waals surface area contributed by atoms with Gasteiger partial charge in [-0.1, -0.05) is 6.07 Å². The fourth-order valence-electron chi connectivity index (χ4n) is 3.29. The average molecular weight is 339 g/mol. The number of aromatic nitrogens is 3. The lowest BCUT2D eigenvalue weighted by atomic mass is 10.2. The number of hydrogen-bond donors (Lipinski definition) is 1. The fourth-order valence-corrected chi connectivity index (χ4v) is 3.29. The van der Waals surface area contributed by atoms with E-state index in [4.69, 9.17) is 0 Å². The summed E-state index contributed by atoms with van der Waals surface area (Å²) < 4.78 is 15.8. The summed E-state index contributed by atoms with van der Waals surface area (Å²) in [5.74, 6) is 0.558. The maximum absolute atomic E-state index is 13.9. The quantitative estimate of drug-likeness (QED) is 0.794. The number of pyridine rings is 2. The molecule has 0 bridgehead atoms. The van der Waals surface area contributed by atoms with Gasteiger partial charge in [-0.2, -0.15) is 0 Å². The van der Waals surface area contributed by atoms with E-state index < -0.39 is 0 Å². The van der Waals surface area contributed by atoms with Gasteiger partial charge in [0.15, 0.2) is 17.3 Å². The highest BCUT2D eigenvalue weighted by Crippen LogP contribution is 2.21. The summed E-state index contributed by atoms with van der Waals surface area (Å²) in [6.45, 7) is 3.05. The predicted molar refractivity (Wildman–Crippen MR) is 92.2 cm³/mol. The lowest BCUT2D eigenvalue weighted by molar-refractivity contribution is 0.0937. The van der Waals surface area contributed by atoms with Gasteiger partial charge < -0.3 is 14.6 Å². The summed E-state index contributed by atoms with van der Waals surface area (Å²) in [6.07, 6.45) is 4.20. The number of anilines is 1. The van der Waals surface area contributed by atoms with Crippen LogP contribution in [0.4, 0.5) is 10.2 Å². The maximum atomic E-state index is 13.9. The molecule has 0 aromatic carbocycles. The number of halogens is 1. The van der Waals surface area contributed by atoms with Crippen LogP contribution in [0, 0.1) is 12.7 Å². The third kappa shape index (κ3) is 2.82. The van der Waals surface area contributed by atoms with Crippen molar-refractivity contribution >= 4 is 17.2 Å². The van der Waals surface area contributed by atoms with Crippen molar-refractivity contribution in [1.82, 2.24) is 19.7 Å². The molecule has 1 saturated heterocycles. The second-order valence-electron chi connectivity index (χ2n) is 6.18. The molecule has 0 radical (unpaired) electrons. The normalized spacial score (nSPS) is 17.2. The summed E-state index contributed by atoms with van der Waals surface area (Å²) >= 11 is 0. The number of rotatable bonds is 3. The Labute approximate surface area is 144 Å². The summed E-state index contributed by atoms with van der Waals surface area (Å²) in [6, 6.07) is 8.57. The van der Waals surface area contributed by atoms with Crippen molar-refractivity contribution in [3.8, 4) is 0 Å². The van der Waals surface area contributed by atoms with Crippen molar-refractivity contribution in [2.75, 3.05) is 18.0 Å². The van der Waals surface area contributed by atoms with Crippen LogP contribution in [-0.4, -0.2) is 39.4 Å². The van der Waals surface area contributed by atoms with Crippen LogP contribution >= 0.6 is 0 Å². The minimum absolute atomic E-state index is 0.0605. The maximum Gasteiger partial charge on any atom is 0.272 e. The molecule has 0 saturated carbocycles. The zero-order valence-electron chi connectivity index (χ0n) is 13.8. The van der Waals surface area contributed by atoms with Crippen molar-refractivity contribution in [2.45, 2.75) is 19.4 Å². The van der Waals surface area contributed by atoms with Crippen molar-refractivity contribution < 1.29 is 9.18 Å². The molecule has 128 valence electrons. The van der Waals surface area contributed by atoms with Crippen LogP contribution in [0.5, 0.6) is 0 Å². The van der Waals surface area contributed by atoms with Crippen LogP contribution in [0.3, 0.4) is 0 Å². The second-order valence-corrected chi connectivity index (χ2v) is 6.18. The van der Waals surface area contributed by atoms with E-state index >= 15 is 0 Å². The zero-order chi connectivity index (χ0) is 17.4. The summed E-state index contributed by atoms with van der Waals surface area (Å²) in [4.78, 5) is 23.0. The van der Waals surface area contributed by atoms with E-state index in [1.807, 2.05) is 40.6 Å². The van der Waals surface area contributed by atoms with Crippen LogP contribution in [0.1, 0.15) is 22.7 Å². The Bertz CT molecular complexity index is 938. The molecule has 25 heavy (non-hydrogen) atoms. The molecule has 4 rings (SSSR count). The monoisotopic (exact) mass is 339 g/mol. The van der Waals surface area contributed by atoms with Gasteiger partial charge in [0.1, 0.15) is 5.82 Å². The summed E-state index contributed by atoms with van der Waals surface area (Å²) in [7, 11) is 0. The number of nitrogens with zero attached hydrogens (tertiary/aromatic N) is 4. The first-order valence-electron chi connectivity index (χ1n) is 8.23. The fraction of sp³-hybridized carbons (Fsp3) is 0.278. The van der Waals surface area contributed by atoms with E-state index in [1.165, 1.54) is 6.07 Å². The highest BCUT2D eigenvalue weighted by atomic mass is 19.1. The van der Waals surface area contributed by atoms with Gasteiger partial charge in [0.25, 0.3) is 5.91 Å². The number of carbonyl (C=O) groups is 1. The zero-order valence-corrected chi connectivity index (χ0v) is 13.8. The van der Waals surface area contributed by atoms with E-state index in [0.29, 0.717) is 24.6 Å². The third-order valence-corrected chi connectivity index (χ3v) is 4.50. The number of nitrogens with one attached hydrogen (secondary N) is 1. The van der Waals surface area contributed by atoms with E-state index in [-0.39, 0.29) is 17.8 Å². The molecule has 6 nitrogen and oxygen atoms in total. The molecule has 0 spiro atoms. The Balaban J connectivity index is 1.49. The number of carbonyl (C=O) groups excluding carboxylic acids is 1. The Morgan fingerprint density at radius 2 is 2.20 bits per heavy atom. The molecule has 0 unspecified atom stereocenters. The van der Waals surface area contributed by atoms with Crippen molar-refractivity contribution in [3.63, 3.8) is 0 Å². The molecule has 1 N–H and O–H groups in total. The van der Waals surface area contributed by atoms with Gasteiger partial charge in [0.2, 0.25) is 0 Å². The average Bonchev–Trinajstić information content (AvgIpc) is 3.21. The number of hydrogen-bond acceptors (Lipinski definition) is 4. The molecule has 1 amide bonds. The first kappa shape index (κ1) is 15.6. The SMILES string of the molecule is Cc1nc(C(=O)N[C@@H]2CCN(c3ncccc3F)C2)c2ccccn12. The minimum atomic E-state index is -0.342. The van der Waals surface area contributed by atoms with Crippen molar-refractivity contribution in [2.24, 2.45) is 0 Å². The molecule has 0 aliphatic carbocycles. The van der Waals surface area contributed by atoms with Gasteiger partial charge in [0.05, 0.1) is 5.52 Å². The summed E-state index contributed by atoms with van der Waals surface area (Å²) in [5, 5.41) is 3.01. The first-order chi connectivity index (χ1) is 12.1. The topological polar surface area (TPSA) is 62.5 Å². The summed E-state index contributed by atoms with van der Waals surface area (Å²) in [5.41, 5.74) is 1.20. The largest absolute Gasteiger partial charge is 0.352 e. The molecular formula is C18H18FN5O. The van der Waals surface area contributed by atoms with Crippen LogP contribution in [0.15, 0.2) is 42.7 Å². The Morgan fingerprint density at radius 3 is 3.04 bits per heavy atom. The van der Waals surface area contributed by atoms with E-state index in [2.05, 4.69) is 15.3 Å². The minimum Gasteiger partial charge on any atom is -0.352 e. The smallest absolute Gasteiger partial charge is 0.272 e. The molecule has 3 aromatic heterocycles. The van der Waals surface area contributed by atoms with Crippen molar-refractivity contribution in [3.05, 3.63) is 60.1 Å². The van der Waals surface area contributed by atoms with Gasteiger partial charge >= 0.3 is 0 Å². The van der Waals surface area contributed by atoms with Gasteiger partial charge in [-0.05, 0) is 37.6 Å². The standard InChI is InChI=1S/C18H18FN5O/c1-12-21-16(15-6-2-3-9-24(12)15)18(25)22-13-7-10-23(11-13)17-14(19)5-4-8-20-17/h2-6,8-9,13H,7,10-11H2,1H3,(H,22,25)/t13-/m1/s1. The van der Waals surface area contributed by atoms with Crippen LogP contribution in [-0.2, 0) is 0 Å². The Kier molecular flexibility index (Phi) is 3.83. The third-order valence-electron chi connectivity index (χ3n) is 4.50. The number of fused-ring (bicyclic) bond motifs is 1. The molecule has 1 aliphatic rings. The van der Waals surface area contributed by atoms with Crippen LogP contribution < -0.4 is 10.2 Å². The molecular weight excluding hydrogens is 321 g/mol. The molecule has 1 atom stereocenters. The van der Waals surface area contributed by atoms with Crippen LogP contribution in [0.25, 0.3) is 5.52 Å². The number of imidazole rings is 1. The van der Waals surface area contributed by atoms with Gasteiger partial charge in [0, 0.05) is 31.5 Å². The molecule has 7 heteroatoms.